The van der Waals surface area contributed by atoms with Crippen molar-refractivity contribution in [3.63, 3.8) is 0 Å². The van der Waals surface area contributed by atoms with Gasteiger partial charge in [-0.25, -0.2) is 14.4 Å². The number of nitrogens with zero attached hydrogens (tertiary/aromatic N) is 3. The number of nitrogens with one attached hydrogen (secondary N) is 1. The summed E-state index contributed by atoms with van der Waals surface area (Å²) in [5.41, 5.74) is 3.35. The van der Waals surface area contributed by atoms with E-state index in [4.69, 9.17) is 4.52 Å². The van der Waals surface area contributed by atoms with Gasteiger partial charge in [0.1, 0.15) is 23.4 Å². The summed E-state index contributed by atoms with van der Waals surface area (Å²) in [5, 5.41) is 7.19. The summed E-state index contributed by atoms with van der Waals surface area (Å²) in [6, 6.07) is 15.6. The van der Waals surface area contributed by atoms with E-state index < -0.39 is 0 Å². The Morgan fingerprint density at radius 3 is 2.48 bits per heavy atom. The van der Waals surface area contributed by atoms with Crippen LogP contribution >= 0.6 is 0 Å². The third-order valence-corrected chi connectivity index (χ3v) is 3.41. The molecule has 0 aliphatic rings. The van der Waals surface area contributed by atoms with Crippen LogP contribution in [0.3, 0.4) is 0 Å². The van der Waals surface area contributed by atoms with Crippen molar-refractivity contribution < 1.29 is 8.91 Å². The number of aromatic nitrogens is 3. The Morgan fingerprint density at radius 2 is 1.70 bits per heavy atom. The van der Waals surface area contributed by atoms with Crippen LogP contribution in [0.15, 0.2) is 65.4 Å². The van der Waals surface area contributed by atoms with Crippen LogP contribution in [0.1, 0.15) is 0 Å². The first-order valence-corrected chi connectivity index (χ1v) is 6.99. The largest absolute Gasteiger partial charge is 0.350 e. The van der Waals surface area contributed by atoms with Gasteiger partial charge in [-0.05, 0) is 24.3 Å². The molecule has 0 saturated carbocycles. The molecule has 0 aliphatic heterocycles. The van der Waals surface area contributed by atoms with Gasteiger partial charge in [0, 0.05) is 11.3 Å². The molecule has 4 rings (SSSR count). The van der Waals surface area contributed by atoms with Gasteiger partial charge in [0.25, 0.3) is 0 Å². The van der Waals surface area contributed by atoms with E-state index in [1.54, 1.807) is 12.1 Å². The summed E-state index contributed by atoms with van der Waals surface area (Å²) >= 11 is 0. The lowest BCUT2D eigenvalue weighted by molar-refractivity contribution is 0.459. The SMILES string of the molecule is Fc1ccc(Nc2ncnc3c(-c4ccccc4)noc23)cc1. The highest BCUT2D eigenvalue weighted by Crippen LogP contribution is 2.30. The Kier molecular flexibility index (Phi) is 3.20. The lowest BCUT2D eigenvalue weighted by atomic mass is 10.1. The summed E-state index contributed by atoms with van der Waals surface area (Å²) in [6.07, 6.45) is 1.44. The van der Waals surface area contributed by atoms with Crippen molar-refractivity contribution in [2.24, 2.45) is 0 Å². The summed E-state index contributed by atoms with van der Waals surface area (Å²) in [5.74, 6) is 0.186. The van der Waals surface area contributed by atoms with Gasteiger partial charge in [-0.15, -0.1) is 0 Å². The lowest BCUT2D eigenvalue weighted by Gasteiger charge is -2.04. The highest BCUT2D eigenvalue weighted by Gasteiger charge is 2.16. The maximum atomic E-state index is 13.0. The summed E-state index contributed by atoms with van der Waals surface area (Å²) in [4.78, 5) is 8.45. The molecule has 112 valence electrons. The van der Waals surface area contributed by atoms with Crippen molar-refractivity contribution >= 4 is 22.6 Å². The van der Waals surface area contributed by atoms with Gasteiger partial charge in [0.15, 0.2) is 5.82 Å². The van der Waals surface area contributed by atoms with E-state index in [-0.39, 0.29) is 5.82 Å². The number of hydrogen-bond acceptors (Lipinski definition) is 5. The topological polar surface area (TPSA) is 63.8 Å². The van der Waals surface area contributed by atoms with Crippen LogP contribution in [-0.4, -0.2) is 15.1 Å². The highest BCUT2D eigenvalue weighted by molar-refractivity contribution is 5.94. The fourth-order valence-electron chi connectivity index (χ4n) is 2.31. The predicted octanol–water partition coefficient (Wildman–Crippen LogP) is 4.17. The lowest BCUT2D eigenvalue weighted by Crippen LogP contribution is -1.95. The molecule has 0 unspecified atom stereocenters. The molecule has 2 aromatic heterocycles. The van der Waals surface area contributed by atoms with Crippen molar-refractivity contribution in [2.75, 3.05) is 5.32 Å². The Bertz CT molecular complexity index is 951. The number of halogens is 1. The fraction of sp³-hybridized carbons (Fsp3) is 0. The molecule has 0 spiro atoms. The Morgan fingerprint density at radius 1 is 0.913 bits per heavy atom. The first-order valence-electron chi connectivity index (χ1n) is 6.99. The summed E-state index contributed by atoms with van der Waals surface area (Å²) < 4.78 is 18.4. The zero-order valence-electron chi connectivity index (χ0n) is 11.9. The van der Waals surface area contributed by atoms with Crippen LogP contribution in [0.4, 0.5) is 15.9 Å². The van der Waals surface area contributed by atoms with Crippen LogP contribution in [-0.2, 0) is 0 Å². The van der Waals surface area contributed by atoms with Crippen LogP contribution in [0.5, 0.6) is 0 Å². The molecule has 0 fully saturated rings. The second kappa shape index (κ2) is 5.49. The fourth-order valence-corrected chi connectivity index (χ4v) is 2.31. The Balaban J connectivity index is 1.77. The van der Waals surface area contributed by atoms with Crippen LogP contribution < -0.4 is 5.32 Å². The van der Waals surface area contributed by atoms with E-state index >= 15 is 0 Å². The number of benzene rings is 2. The highest BCUT2D eigenvalue weighted by atomic mass is 19.1. The maximum absolute atomic E-state index is 13.0. The number of hydrogen-bond donors (Lipinski definition) is 1. The Hall–Kier alpha value is -3.28. The van der Waals surface area contributed by atoms with Gasteiger partial charge >= 0.3 is 0 Å². The second-order valence-electron chi connectivity index (χ2n) is 4.93. The van der Waals surface area contributed by atoms with E-state index in [0.717, 1.165) is 5.56 Å². The van der Waals surface area contributed by atoms with Crippen molar-refractivity contribution in [3.8, 4) is 11.3 Å². The average Bonchev–Trinajstić information content (AvgIpc) is 3.03. The van der Waals surface area contributed by atoms with Crippen molar-refractivity contribution in [2.45, 2.75) is 0 Å². The molecule has 23 heavy (non-hydrogen) atoms. The first-order chi connectivity index (χ1) is 11.3. The second-order valence-corrected chi connectivity index (χ2v) is 4.93. The molecule has 0 atom stereocenters. The molecule has 0 amide bonds. The van der Waals surface area contributed by atoms with E-state index in [1.165, 1.54) is 18.5 Å². The van der Waals surface area contributed by atoms with Gasteiger partial charge in [-0.1, -0.05) is 35.5 Å². The third kappa shape index (κ3) is 2.50. The van der Waals surface area contributed by atoms with Crippen molar-refractivity contribution in [1.82, 2.24) is 15.1 Å². The van der Waals surface area contributed by atoms with E-state index in [1.807, 2.05) is 30.3 Å². The van der Waals surface area contributed by atoms with Gasteiger partial charge in [0.2, 0.25) is 5.58 Å². The minimum atomic E-state index is -0.297. The molecule has 4 aromatic rings. The van der Waals surface area contributed by atoms with Crippen molar-refractivity contribution in [3.05, 3.63) is 66.7 Å². The molecule has 2 heterocycles. The number of rotatable bonds is 3. The van der Waals surface area contributed by atoms with Crippen LogP contribution in [0.2, 0.25) is 0 Å². The van der Waals surface area contributed by atoms with Gasteiger partial charge in [0.05, 0.1) is 0 Å². The molecule has 0 bridgehead atoms. The molecule has 0 radical (unpaired) electrons. The summed E-state index contributed by atoms with van der Waals surface area (Å²) in [6.45, 7) is 0. The average molecular weight is 306 g/mol. The maximum Gasteiger partial charge on any atom is 0.228 e. The summed E-state index contributed by atoms with van der Waals surface area (Å²) in [7, 11) is 0. The quantitative estimate of drug-likeness (QED) is 0.615. The van der Waals surface area contributed by atoms with Gasteiger partial charge < -0.3 is 9.84 Å². The zero-order chi connectivity index (χ0) is 15.6. The van der Waals surface area contributed by atoms with Gasteiger partial charge in [-0.2, -0.15) is 0 Å². The molecule has 0 aliphatic carbocycles. The minimum Gasteiger partial charge on any atom is -0.350 e. The molecule has 6 heteroatoms. The van der Waals surface area contributed by atoms with E-state index in [0.29, 0.717) is 28.3 Å². The van der Waals surface area contributed by atoms with Crippen LogP contribution in [0, 0.1) is 5.82 Å². The number of fused-ring (bicyclic) bond motifs is 1. The molecular weight excluding hydrogens is 295 g/mol. The predicted molar refractivity (Wildman–Crippen MR) is 84.7 cm³/mol. The third-order valence-electron chi connectivity index (χ3n) is 3.41. The van der Waals surface area contributed by atoms with Crippen molar-refractivity contribution in [1.29, 1.82) is 0 Å². The minimum absolute atomic E-state index is 0.297. The van der Waals surface area contributed by atoms with E-state index in [2.05, 4.69) is 20.4 Å². The normalized spacial score (nSPS) is 10.8. The van der Waals surface area contributed by atoms with Crippen LogP contribution in [0.25, 0.3) is 22.4 Å². The zero-order valence-corrected chi connectivity index (χ0v) is 11.9. The molecular formula is C17H11FN4O. The standard InChI is InChI=1S/C17H11FN4O/c18-12-6-8-13(9-7-12)21-17-16-15(19-10-20-17)14(22-23-16)11-4-2-1-3-5-11/h1-10H,(H,19,20,21). The molecule has 2 aromatic carbocycles. The Labute approximate surface area is 130 Å². The van der Waals surface area contributed by atoms with E-state index in [9.17, 15) is 4.39 Å². The smallest absolute Gasteiger partial charge is 0.228 e. The molecule has 5 nitrogen and oxygen atoms in total. The monoisotopic (exact) mass is 306 g/mol. The van der Waals surface area contributed by atoms with Gasteiger partial charge in [-0.3, -0.25) is 0 Å². The number of anilines is 2. The molecule has 1 N–H and O–H groups in total. The molecule has 0 saturated heterocycles. The first kappa shape index (κ1) is 13.4.